The van der Waals surface area contributed by atoms with Crippen LogP contribution in [0.5, 0.6) is 5.75 Å². The number of amides is 1. The predicted octanol–water partition coefficient (Wildman–Crippen LogP) is 2.49. The Bertz CT molecular complexity index is 695. The van der Waals surface area contributed by atoms with E-state index in [0.29, 0.717) is 25.1 Å². The van der Waals surface area contributed by atoms with Gasteiger partial charge < -0.3 is 15.1 Å². The van der Waals surface area contributed by atoms with Crippen molar-refractivity contribution in [2.24, 2.45) is 5.41 Å². The van der Waals surface area contributed by atoms with Crippen molar-refractivity contribution < 1.29 is 19.8 Å². The maximum atomic E-state index is 12.7. The molecule has 0 aliphatic carbocycles. The second-order valence-electron chi connectivity index (χ2n) is 7.84. The molecule has 2 aliphatic rings. The molecule has 1 amide bonds. The number of aryl methyl sites for hydroxylation is 1. The Morgan fingerprint density at radius 3 is 2.54 bits per heavy atom. The van der Waals surface area contributed by atoms with Gasteiger partial charge in [-0.1, -0.05) is 13.0 Å². The molecule has 6 heteroatoms. The number of piperidine rings is 1. The molecule has 1 spiro atoms. The number of carbonyl (C=O) groups is 2. The lowest BCUT2D eigenvalue weighted by atomic mass is 9.76. The van der Waals surface area contributed by atoms with Crippen LogP contribution in [0.4, 0.5) is 0 Å². The molecule has 2 aliphatic heterocycles. The minimum absolute atomic E-state index is 0.00960. The van der Waals surface area contributed by atoms with E-state index in [-0.39, 0.29) is 17.1 Å². The number of phenolic OH excluding ortho intramolecular Hbond substituents is 1. The first kappa shape index (κ1) is 18.7. The molecule has 0 aromatic heterocycles. The summed E-state index contributed by atoms with van der Waals surface area (Å²) in [5, 5.41) is 19.6. The quantitative estimate of drug-likeness (QED) is 0.862. The van der Waals surface area contributed by atoms with Crippen molar-refractivity contribution in [3.05, 3.63) is 29.3 Å². The van der Waals surface area contributed by atoms with Gasteiger partial charge in [-0.25, -0.2) is 0 Å². The number of hydrogen-bond donors (Lipinski definition) is 2. The number of likely N-dealkylation sites (tertiary alicyclic amines) is 2. The molecule has 1 unspecified atom stereocenters. The van der Waals surface area contributed by atoms with Crippen LogP contribution in [0, 0.1) is 12.3 Å². The largest absolute Gasteiger partial charge is 0.507 e. The zero-order chi connectivity index (χ0) is 18.9. The van der Waals surface area contributed by atoms with Gasteiger partial charge in [0, 0.05) is 19.6 Å². The third-order valence-corrected chi connectivity index (χ3v) is 5.90. The number of hydrogen-bond acceptors (Lipinski definition) is 4. The van der Waals surface area contributed by atoms with Gasteiger partial charge in [0.1, 0.15) is 11.8 Å². The number of nitrogens with zero attached hydrogens (tertiary/aromatic N) is 2. The van der Waals surface area contributed by atoms with Crippen LogP contribution in [0.1, 0.15) is 48.5 Å². The summed E-state index contributed by atoms with van der Waals surface area (Å²) in [6, 6.07) is 4.71. The van der Waals surface area contributed by atoms with E-state index >= 15 is 0 Å². The van der Waals surface area contributed by atoms with Crippen LogP contribution in [0.25, 0.3) is 0 Å². The molecule has 6 nitrogen and oxygen atoms in total. The fourth-order valence-electron chi connectivity index (χ4n) is 4.45. The highest BCUT2D eigenvalue weighted by Crippen LogP contribution is 2.43. The summed E-state index contributed by atoms with van der Waals surface area (Å²) in [6.07, 6.45) is 3.24. The van der Waals surface area contributed by atoms with Gasteiger partial charge >= 0.3 is 5.97 Å². The first-order valence-corrected chi connectivity index (χ1v) is 9.41. The average Bonchev–Trinajstić information content (AvgIpc) is 2.94. The topological polar surface area (TPSA) is 81.1 Å². The minimum atomic E-state index is -0.738. The van der Waals surface area contributed by atoms with Crippen LogP contribution in [0.2, 0.25) is 0 Å². The fourth-order valence-corrected chi connectivity index (χ4v) is 4.45. The van der Waals surface area contributed by atoms with Gasteiger partial charge in [0.2, 0.25) is 0 Å². The van der Waals surface area contributed by atoms with Crippen LogP contribution in [-0.2, 0) is 4.79 Å². The van der Waals surface area contributed by atoms with E-state index in [0.717, 1.165) is 37.9 Å². The SMILES string of the molecule is CCCN1CC2(CCN(C(=O)c3ccc(C)cc3O)CC2)CC1C(=O)O. The van der Waals surface area contributed by atoms with Crippen molar-refractivity contribution in [1.29, 1.82) is 0 Å². The molecule has 2 fully saturated rings. The van der Waals surface area contributed by atoms with E-state index in [9.17, 15) is 19.8 Å². The molecule has 2 N–H and O–H groups in total. The van der Waals surface area contributed by atoms with Crippen LogP contribution in [-0.4, -0.2) is 64.1 Å². The molecule has 26 heavy (non-hydrogen) atoms. The third-order valence-electron chi connectivity index (χ3n) is 5.90. The summed E-state index contributed by atoms with van der Waals surface area (Å²) >= 11 is 0. The van der Waals surface area contributed by atoms with Crippen LogP contribution in [0.15, 0.2) is 18.2 Å². The molecular weight excluding hydrogens is 332 g/mol. The van der Waals surface area contributed by atoms with Crippen molar-refractivity contribution in [1.82, 2.24) is 9.80 Å². The zero-order valence-electron chi connectivity index (χ0n) is 15.6. The first-order chi connectivity index (χ1) is 12.3. The van der Waals surface area contributed by atoms with E-state index in [1.807, 2.05) is 13.0 Å². The lowest BCUT2D eigenvalue weighted by Crippen LogP contribution is -2.44. The average molecular weight is 360 g/mol. The maximum absolute atomic E-state index is 12.7. The Balaban J connectivity index is 1.67. The van der Waals surface area contributed by atoms with Crippen LogP contribution >= 0.6 is 0 Å². The summed E-state index contributed by atoms with van der Waals surface area (Å²) < 4.78 is 0. The van der Waals surface area contributed by atoms with Crippen molar-refractivity contribution >= 4 is 11.9 Å². The molecular formula is C20H28N2O4. The molecule has 1 aromatic carbocycles. The second kappa shape index (κ2) is 7.27. The number of aliphatic carboxylic acids is 1. The van der Waals surface area contributed by atoms with Gasteiger partial charge in [-0.2, -0.15) is 0 Å². The molecule has 2 heterocycles. The lowest BCUT2D eigenvalue weighted by molar-refractivity contribution is -0.142. The molecule has 0 radical (unpaired) electrons. The number of rotatable bonds is 4. The number of phenols is 1. The number of benzene rings is 1. The smallest absolute Gasteiger partial charge is 0.320 e. The predicted molar refractivity (Wildman–Crippen MR) is 98.3 cm³/mol. The summed E-state index contributed by atoms with van der Waals surface area (Å²) in [7, 11) is 0. The summed E-state index contributed by atoms with van der Waals surface area (Å²) in [5.41, 5.74) is 1.25. The van der Waals surface area contributed by atoms with Gasteiger partial charge in [0.25, 0.3) is 5.91 Å². The van der Waals surface area contributed by atoms with Gasteiger partial charge in [-0.3, -0.25) is 14.5 Å². The summed E-state index contributed by atoms with van der Waals surface area (Å²) in [5.74, 6) is -0.856. The lowest BCUT2D eigenvalue weighted by Gasteiger charge is -2.39. The van der Waals surface area contributed by atoms with Crippen LogP contribution in [0.3, 0.4) is 0 Å². The number of aromatic hydroxyl groups is 1. The Labute approximate surface area is 154 Å². The van der Waals surface area contributed by atoms with E-state index in [1.54, 1.807) is 17.0 Å². The molecule has 0 saturated carbocycles. The molecule has 1 atom stereocenters. The Kier molecular flexibility index (Phi) is 5.23. The minimum Gasteiger partial charge on any atom is -0.507 e. The fraction of sp³-hybridized carbons (Fsp3) is 0.600. The maximum Gasteiger partial charge on any atom is 0.320 e. The molecule has 2 saturated heterocycles. The van der Waals surface area contributed by atoms with Crippen molar-refractivity contribution in [3.63, 3.8) is 0 Å². The van der Waals surface area contributed by atoms with E-state index in [1.165, 1.54) is 0 Å². The Morgan fingerprint density at radius 2 is 1.96 bits per heavy atom. The van der Waals surface area contributed by atoms with Gasteiger partial charge in [-0.05, 0) is 62.3 Å². The second-order valence-corrected chi connectivity index (χ2v) is 7.84. The zero-order valence-corrected chi connectivity index (χ0v) is 15.6. The Morgan fingerprint density at radius 1 is 1.27 bits per heavy atom. The van der Waals surface area contributed by atoms with Crippen molar-refractivity contribution in [2.45, 2.75) is 45.6 Å². The molecule has 3 rings (SSSR count). The molecule has 1 aromatic rings. The standard InChI is InChI=1S/C20H28N2O4/c1-3-8-22-13-20(12-16(22)19(25)26)6-9-21(10-7-20)18(24)15-5-4-14(2)11-17(15)23/h4-5,11,16,23H,3,6-10,12-13H2,1-2H3,(H,25,26). The summed E-state index contributed by atoms with van der Waals surface area (Å²) in [4.78, 5) is 28.2. The van der Waals surface area contributed by atoms with Gasteiger partial charge in [0.05, 0.1) is 5.56 Å². The highest BCUT2D eigenvalue weighted by Gasteiger charge is 2.48. The third kappa shape index (κ3) is 3.56. The van der Waals surface area contributed by atoms with Gasteiger partial charge in [0.15, 0.2) is 0 Å². The van der Waals surface area contributed by atoms with Crippen molar-refractivity contribution in [3.8, 4) is 5.75 Å². The van der Waals surface area contributed by atoms with Crippen molar-refractivity contribution in [2.75, 3.05) is 26.2 Å². The Hall–Kier alpha value is -2.08. The van der Waals surface area contributed by atoms with E-state index in [4.69, 9.17) is 0 Å². The van der Waals surface area contributed by atoms with Crippen LogP contribution < -0.4 is 0 Å². The number of carboxylic acid groups (broad SMARTS) is 1. The molecule has 142 valence electrons. The highest BCUT2D eigenvalue weighted by atomic mass is 16.4. The summed E-state index contributed by atoms with van der Waals surface area (Å²) in [6.45, 7) is 6.77. The molecule has 0 bridgehead atoms. The highest BCUT2D eigenvalue weighted by molar-refractivity contribution is 5.97. The monoisotopic (exact) mass is 360 g/mol. The number of carbonyl (C=O) groups excluding carboxylic acids is 1. The normalized spacial score (nSPS) is 22.7. The van der Waals surface area contributed by atoms with Gasteiger partial charge in [-0.15, -0.1) is 0 Å². The number of carboxylic acids is 1. The first-order valence-electron chi connectivity index (χ1n) is 9.41. The van der Waals surface area contributed by atoms with E-state index < -0.39 is 12.0 Å². The van der Waals surface area contributed by atoms with E-state index in [2.05, 4.69) is 11.8 Å².